The lowest BCUT2D eigenvalue weighted by Gasteiger charge is -2.32. The van der Waals surface area contributed by atoms with E-state index >= 15 is 0 Å². The fraction of sp³-hybridized carbons (Fsp3) is 0.714. The lowest BCUT2D eigenvalue weighted by atomic mass is 9.80. The summed E-state index contributed by atoms with van der Waals surface area (Å²) in [4.78, 5) is 14.2. The van der Waals surface area contributed by atoms with Gasteiger partial charge in [-0.3, -0.25) is 4.79 Å². The summed E-state index contributed by atoms with van der Waals surface area (Å²) in [6.45, 7) is 3.44. The summed E-state index contributed by atoms with van der Waals surface area (Å²) < 4.78 is 1.42. The average Bonchev–Trinajstić information content (AvgIpc) is 2.31. The van der Waals surface area contributed by atoms with E-state index in [1.54, 1.807) is 6.20 Å². The Labute approximate surface area is 124 Å². The summed E-state index contributed by atoms with van der Waals surface area (Å²) in [6, 6.07) is 0.333. The number of likely N-dealkylation sites (N-methyl/N-ethyl adjacent to an activating group) is 1. The van der Waals surface area contributed by atoms with E-state index in [2.05, 4.69) is 17.3 Å². The topological polar surface area (TPSA) is 50.2 Å². The van der Waals surface area contributed by atoms with Crippen LogP contribution in [0.15, 0.2) is 11.0 Å². The predicted molar refractivity (Wildman–Crippen MR) is 82.5 cm³/mol. The first-order valence-corrected chi connectivity index (χ1v) is 7.53. The molecule has 1 aromatic heterocycles. The second-order valence-corrected chi connectivity index (χ2v) is 6.21. The number of hydrogen-bond acceptors (Lipinski definition) is 4. The van der Waals surface area contributed by atoms with Gasteiger partial charge in [0, 0.05) is 12.6 Å². The van der Waals surface area contributed by atoms with Crippen LogP contribution in [0.3, 0.4) is 0 Å². The van der Waals surface area contributed by atoms with Gasteiger partial charge in [0.2, 0.25) is 0 Å². The molecule has 5 nitrogen and oxygen atoms in total. The van der Waals surface area contributed by atoms with Crippen molar-refractivity contribution in [1.29, 1.82) is 0 Å². The predicted octanol–water partition coefficient (Wildman–Crippen LogP) is 2.06. The van der Waals surface area contributed by atoms with Gasteiger partial charge in [-0.05, 0) is 39.8 Å². The molecule has 0 amide bonds. The zero-order valence-electron chi connectivity index (χ0n) is 12.4. The van der Waals surface area contributed by atoms with Gasteiger partial charge in [0.15, 0.2) is 0 Å². The smallest absolute Gasteiger partial charge is 0.287 e. The maximum atomic E-state index is 12.1. The molecule has 1 N–H and O–H groups in total. The minimum atomic E-state index is -0.223. The molecule has 0 saturated heterocycles. The normalized spacial score (nSPS) is 17.1. The first-order valence-electron chi connectivity index (χ1n) is 7.16. The Morgan fingerprint density at radius 1 is 1.55 bits per heavy atom. The van der Waals surface area contributed by atoms with Gasteiger partial charge < -0.3 is 10.2 Å². The molecule has 6 heteroatoms. The van der Waals surface area contributed by atoms with E-state index in [9.17, 15) is 4.79 Å². The summed E-state index contributed by atoms with van der Waals surface area (Å²) in [5.41, 5.74) is 0.427. The van der Waals surface area contributed by atoms with Crippen molar-refractivity contribution in [2.75, 3.05) is 26.0 Å². The number of rotatable bonds is 6. The van der Waals surface area contributed by atoms with Crippen LogP contribution in [0.25, 0.3) is 0 Å². The van der Waals surface area contributed by atoms with Crippen LogP contribution in [-0.4, -0.2) is 41.4 Å². The Kier molecular flexibility index (Phi) is 5.05. The largest absolute Gasteiger partial charge is 0.380 e. The number of anilines is 1. The highest BCUT2D eigenvalue weighted by Gasteiger charge is 2.24. The Hall–Kier alpha value is -1.07. The van der Waals surface area contributed by atoms with Gasteiger partial charge >= 0.3 is 0 Å². The molecule has 20 heavy (non-hydrogen) atoms. The molecule has 0 aromatic carbocycles. The van der Waals surface area contributed by atoms with Crippen molar-refractivity contribution in [3.05, 3.63) is 21.6 Å². The van der Waals surface area contributed by atoms with Crippen molar-refractivity contribution in [3.8, 4) is 0 Å². The third-order valence-electron chi connectivity index (χ3n) is 3.98. The molecule has 1 fully saturated rings. The highest BCUT2D eigenvalue weighted by Crippen LogP contribution is 2.31. The number of aromatic nitrogens is 2. The van der Waals surface area contributed by atoms with Gasteiger partial charge in [0.05, 0.1) is 18.4 Å². The van der Waals surface area contributed by atoms with E-state index in [1.807, 2.05) is 19.0 Å². The van der Waals surface area contributed by atoms with Gasteiger partial charge in [-0.2, -0.15) is 5.10 Å². The Balaban J connectivity index is 2.07. The quantitative estimate of drug-likeness (QED) is 0.873. The fourth-order valence-corrected chi connectivity index (χ4v) is 2.52. The highest BCUT2D eigenvalue weighted by molar-refractivity contribution is 6.32. The van der Waals surface area contributed by atoms with Gasteiger partial charge in [0.1, 0.15) is 5.02 Å². The van der Waals surface area contributed by atoms with Crippen LogP contribution in [0, 0.1) is 5.92 Å². The third-order valence-corrected chi connectivity index (χ3v) is 4.35. The van der Waals surface area contributed by atoms with E-state index in [0.29, 0.717) is 24.2 Å². The minimum Gasteiger partial charge on any atom is -0.380 e. The lowest BCUT2D eigenvalue weighted by Crippen LogP contribution is -2.33. The summed E-state index contributed by atoms with van der Waals surface area (Å²) in [5, 5.41) is 7.77. The molecule has 1 saturated carbocycles. The maximum absolute atomic E-state index is 12.1. The first-order chi connectivity index (χ1) is 9.49. The zero-order chi connectivity index (χ0) is 14.7. The molecule has 0 radical (unpaired) electrons. The first kappa shape index (κ1) is 15.3. The second-order valence-electron chi connectivity index (χ2n) is 5.83. The second kappa shape index (κ2) is 6.59. The van der Waals surface area contributed by atoms with Crippen molar-refractivity contribution in [2.45, 2.75) is 38.8 Å². The zero-order valence-corrected chi connectivity index (χ0v) is 13.2. The van der Waals surface area contributed by atoms with Crippen molar-refractivity contribution in [3.63, 3.8) is 0 Å². The van der Waals surface area contributed by atoms with Crippen molar-refractivity contribution in [2.24, 2.45) is 5.92 Å². The van der Waals surface area contributed by atoms with E-state index < -0.39 is 0 Å². The van der Waals surface area contributed by atoms with Gasteiger partial charge in [0.25, 0.3) is 5.56 Å². The van der Waals surface area contributed by atoms with E-state index in [1.165, 1.54) is 23.9 Å². The molecule has 112 valence electrons. The van der Waals surface area contributed by atoms with Gasteiger partial charge in [-0.1, -0.05) is 18.0 Å². The number of halogens is 1. The Morgan fingerprint density at radius 3 is 2.80 bits per heavy atom. The SMILES string of the molecule is CC(Nc1cnn(CCN(C)C)c(=O)c1Cl)C1CCC1. The molecule has 1 aliphatic rings. The Bertz CT molecular complexity index is 510. The molecule has 0 bridgehead atoms. The Morgan fingerprint density at radius 2 is 2.25 bits per heavy atom. The molecule has 1 aromatic rings. The molecular weight excluding hydrogens is 276 g/mol. The number of nitrogens with one attached hydrogen (secondary N) is 1. The van der Waals surface area contributed by atoms with Crippen molar-refractivity contribution < 1.29 is 0 Å². The number of hydrogen-bond donors (Lipinski definition) is 1. The molecular formula is C14H23ClN4O. The van der Waals surface area contributed by atoms with Crippen LogP contribution in [0.5, 0.6) is 0 Å². The van der Waals surface area contributed by atoms with E-state index in [4.69, 9.17) is 11.6 Å². The van der Waals surface area contributed by atoms with E-state index in [-0.39, 0.29) is 10.6 Å². The molecule has 0 aliphatic heterocycles. The summed E-state index contributed by atoms with van der Waals surface area (Å²) >= 11 is 6.17. The van der Waals surface area contributed by atoms with Crippen molar-refractivity contribution in [1.82, 2.24) is 14.7 Å². The molecule has 0 spiro atoms. The van der Waals surface area contributed by atoms with Gasteiger partial charge in [-0.15, -0.1) is 0 Å². The van der Waals surface area contributed by atoms with Crippen LogP contribution >= 0.6 is 11.6 Å². The number of nitrogens with zero attached hydrogens (tertiary/aromatic N) is 3. The van der Waals surface area contributed by atoms with Crippen LogP contribution in [0.2, 0.25) is 5.02 Å². The van der Waals surface area contributed by atoms with Crippen molar-refractivity contribution >= 4 is 17.3 Å². The summed E-state index contributed by atoms with van der Waals surface area (Å²) in [6.07, 6.45) is 5.46. The standard InChI is InChI=1S/C14H23ClN4O/c1-10(11-5-4-6-11)17-12-9-16-19(8-7-18(2)3)14(20)13(12)15/h9-11,17H,4-8H2,1-3H3. The monoisotopic (exact) mass is 298 g/mol. The van der Waals surface area contributed by atoms with Crippen LogP contribution in [-0.2, 0) is 6.54 Å². The molecule has 2 rings (SSSR count). The molecule has 1 heterocycles. The van der Waals surface area contributed by atoms with Crippen LogP contribution < -0.4 is 10.9 Å². The van der Waals surface area contributed by atoms with Crippen LogP contribution in [0.1, 0.15) is 26.2 Å². The lowest BCUT2D eigenvalue weighted by molar-refractivity contribution is 0.285. The maximum Gasteiger partial charge on any atom is 0.287 e. The molecule has 1 atom stereocenters. The minimum absolute atomic E-state index is 0.223. The fourth-order valence-electron chi connectivity index (χ4n) is 2.32. The van der Waals surface area contributed by atoms with Gasteiger partial charge in [-0.25, -0.2) is 4.68 Å². The van der Waals surface area contributed by atoms with E-state index in [0.717, 1.165) is 6.54 Å². The highest BCUT2D eigenvalue weighted by atomic mass is 35.5. The molecule has 1 aliphatic carbocycles. The summed E-state index contributed by atoms with van der Waals surface area (Å²) in [5.74, 6) is 0.683. The summed E-state index contributed by atoms with van der Waals surface area (Å²) in [7, 11) is 3.92. The molecule has 1 unspecified atom stereocenters. The third kappa shape index (κ3) is 3.52. The average molecular weight is 299 g/mol. The van der Waals surface area contributed by atoms with Crippen LogP contribution in [0.4, 0.5) is 5.69 Å².